The highest BCUT2D eigenvalue weighted by Gasteiger charge is 2.18. The first kappa shape index (κ1) is 12.7. The van der Waals surface area contributed by atoms with E-state index in [1.54, 1.807) is 0 Å². The summed E-state index contributed by atoms with van der Waals surface area (Å²) < 4.78 is 0. The Balaban J connectivity index is 1.91. The highest BCUT2D eigenvalue weighted by molar-refractivity contribution is 5.87. The summed E-state index contributed by atoms with van der Waals surface area (Å²) in [6, 6.07) is 7.72. The summed E-state index contributed by atoms with van der Waals surface area (Å²) >= 11 is 0. The van der Waals surface area contributed by atoms with Crippen molar-refractivity contribution in [3.63, 3.8) is 0 Å². The molecule has 0 aromatic heterocycles. The molecule has 0 spiro atoms. The summed E-state index contributed by atoms with van der Waals surface area (Å²) in [7, 11) is 0. The lowest BCUT2D eigenvalue weighted by molar-refractivity contribution is 0.259. The van der Waals surface area contributed by atoms with Crippen molar-refractivity contribution in [3.8, 4) is 0 Å². The Morgan fingerprint density at radius 3 is 2.50 bits per heavy atom. The van der Waals surface area contributed by atoms with Crippen LogP contribution in [0.2, 0.25) is 0 Å². The number of urea groups is 1. The Labute approximate surface area is 108 Å². The van der Waals surface area contributed by atoms with Gasteiger partial charge in [-0.15, -0.1) is 0 Å². The molecular formula is C14H21N3O. The number of anilines is 2. The highest BCUT2D eigenvalue weighted by atomic mass is 16.2. The zero-order valence-corrected chi connectivity index (χ0v) is 10.8. The number of hydrogen-bond donors (Lipinski definition) is 3. The van der Waals surface area contributed by atoms with Gasteiger partial charge in [-0.25, -0.2) is 4.79 Å². The molecule has 4 N–H and O–H groups in total. The molecule has 18 heavy (non-hydrogen) atoms. The number of primary amides is 1. The van der Waals surface area contributed by atoms with Gasteiger partial charge in [-0.2, -0.15) is 0 Å². The molecule has 0 bridgehead atoms. The summed E-state index contributed by atoms with van der Waals surface area (Å²) in [4.78, 5) is 10.7. The van der Waals surface area contributed by atoms with E-state index in [-0.39, 0.29) is 0 Å². The summed E-state index contributed by atoms with van der Waals surface area (Å²) in [5.41, 5.74) is 6.89. The van der Waals surface area contributed by atoms with E-state index >= 15 is 0 Å². The average Bonchev–Trinajstić information content (AvgIpc) is 2.31. The lowest BCUT2D eigenvalue weighted by Crippen LogP contribution is -2.26. The number of benzene rings is 1. The van der Waals surface area contributed by atoms with Gasteiger partial charge in [0.05, 0.1) is 0 Å². The van der Waals surface area contributed by atoms with Gasteiger partial charge >= 0.3 is 6.03 Å². The first-order valence-corrected chi connectivity index (χ1v) is 6.56. The van der Waals surface area contributed by atoms with Crippen LogP contribution in [-0.4, -0.2) is 12.1 Å². The maximum atomic E-state index is 10.7. The Hall–Kier alpha value is -1.71. The molecule has 2 rings (SSSR count). The molecule has 0 aliphatic heterocycles. The standard InChI is InChI=1S/C14H21N3O/c1-10-3-2-4-13(9-10)16-11-5-7-12(8-6-11)17-14(15)18/h5-8,10,13,16H,2-4,9H2,1H3,(H3,15,17,18). The molecule has 4 heteroatoms. The van der Waals surface area contributed by atoms with E-state index in [9.17, 15) is 4.79 Å². The quantitative estimate of drug-likeness (QED) is 0.768. The molecule has 1 saturated carbocycles. The molecule has 1 fully saturated rings. The Morgan fingerprint density at radius 2 is 1.89 bits per heavy atom. The van der Waals surface area contributed by atoms with Crippen LogP contribution in [0.3, 0.4) is 0 Å². The number of carbonyl (C=O) groups is 1. The van der Waals surface area contributed by atoms with Crippen molar-refractivity contribution in [1.82, 2.24) is 0 Å². The van der Waals surface area contributed by atoms with Crippen LogP contribution < -0.4 is 16.4 Å². The van der Waals surface area contributed by atoms with Crippen LogP contribution in [0, 0.1) is 5.92 Å². The second-order valence-corrected chi connectivity index (χ2v) is 5.18. The third kappa shape index (κ3) is 3.65. The van der Waals surface area contributed by atoms with Gasteiger partial charge in [0.2, 0.25) is 0 Å². The van der Waals surface area contributed by atoms with Crippen LogP contribution in [0.4, 0.5) is 16.2 Å². The minimum atomic E-state index is -0.531. The summed E-state index contributed by atoms with van der Waals surface area (Å²) in [6.07, 6.45) is 5.13. The maximum Gasteiger partial charge on any atom is 0.316 e. The van der Waals surface area contributed by atoms with E-state index in [2.05, 4.69) is 17.6 Å². The van der Waals surface area contributed by atoms with Gasteiger partial charge in [-0.05, 0) is 43.0 Å². The zero-order chi connectivity index (χ0) is 13.0. The minimum Gasteiger partial charge on any atom is -0.382 e. The van der Waals surface area contributed by atoms with E-state index in [1.807, 2.05) is 24.3 Å². The van der Waals surface area contributed by atoms with Crippen molar-refractivity contribution in [1.29, 1.82) is 0 Å². The molecule has 1 aromatic carbocycles. The van der Waals surface area contributed by atoms with Crippen LogP contribution in [0.25, 0.3) is 0 Å². The number of amides is 2. The Kier molecular flexibility index (Phi) is 4.07. The van der Waals surface area contributed by atoms with Crippen molar-refractivity contribution < 1.29 is 4.79 Å². The van der Waals surface area contributed by atoms with Crippen LogP contribution in [0.15, 0.2) is 24.3 Å². The lowest BCUT2D eigenvalue weighted by Gasteiger charge is -2.28. The second kappa shape index (κ2) is 5.76. The number of rotatable bonds is 3. The SMILES string of the molecule is CC1CCCC(Nc2ccc(NC(N)=O)cc2)C1. The fraction of sp³-hybridized carbons (Fsp3) is 0.500. The number of carbonyl (C=O) groups excluding carboxylic acids is 1. The van der Waals surface area contributed by atoms with Crippen LogP contribution in [-0.2, 0) is 0 Å². The number of nitrogens with two attached hydrogens (primary N) is 1. The van der Waals surface area contributed by atoms with E-state index in [0.717, 1.165) is 17.3 Å². The van der Waals surface area contributed by atoms with Crippen molar-refractivity contribution in [3.05, 3.63) is 24.3 Å². The molecule has 4 nitrogen and oxygen atoms in total. The Bertz CT molecular complexity index is 402. The van der Waals surface area contributed by atoms with Gasteiger partial charge in [-0.3, -0.25) is 0 Å². The fourth-order valence-corrected chi connectivity index (χ4v) is 2.59. The van der Waals surface area contributed by atoms with Gasteiger partial charge in [0.25, 0.3) is 0 Å². The van der Waals surface area contributed by atoms with Gasteiger partial charge in [0, 0.05) is 17.4 Å². The second-order valence-electron chi connectivity index (χ2n) is 5.18. The van der Waals surface area contributed by atoms with Crippen molar-refractivity contribution in [2.45, 2.75) is 38.6 Å². The third-order valence-corrected chi connectivity index (χ3v) is 3.46. The highest BCUT2D eigenvalue weighted by Crippen LogP contribution is 2.26. The van der Waals surface area contributed by atoms with Gasteiger partial charge in [0.15, 0.2) is 0 Å². The van der Waals surface area contributed by atoms with E-state index in [0.29, 0.717) is 6.04 Å². The normalized spacial score (nSPS) is 23.4. The van der Waals surface area contributed by atoms with Gasteiger partial charge in [0.1, 0.15) is 0 Å². The molecule has 2 atom stereocenters. The number of nitrogens with one attached hydrogen (secondary N) is 2. The molecule has 2 amide bonds. The first-order chi connectivity index (χ1) is 8.63. The molecule has 0 saturated heterocycles. The average molecular weight is 247 g/mol. The predicted molar refractivity (Wildman–Crippen MR) is 74.7 cm³/mol. The fourth-order valence-electron chi connectivity index (χ4n) is 2.59. The smallest absolute Gasteiger partial charge is 0.316 e. The molecule has 2 unspecified atom stereocenters. The molecule has 0 radical (unpaired) electrons. The zero-order valence-electron chi connectivity index (χ0n) is 10.8. The minimum absolute atomic E-state index is 0.531. The summed E-state index contributed by atoms with van der Waals surface area (Å²) in [5.74, 6) is 0.812. The maximum absolute atomic E-state index is 10.7. The summed E-state index contributed by atoms with van der Waals surface area (Å²) in [5, 5.41) is 6.10. The monoisotopic (exact) mass is 247 g/mol. The van der Waals surface area contributed by atoms with E-state index < -0.39 is 6.03 Å². The van der Waals surface area contributed by atoms with Gasteiger partial charge in [-0.1, -0.05) is 19.8 Å². The van der Waals surface area contributed by atoms with Crippen molar-refractivity contribution in [2.24, 2.45) is 11.7 Å². The van der Waals surface area contributed by atoms with E-state index in [4.69, 9.17) is 5.73 Å². The molecule has 1 aliphatic carbocycles. The number of hydrogen-bond acceptors (Lipinski definition) is 2. The first-order valence-electron chi connectivity index (χ1n) is 6.56. The lowest BCUT2D eigenvalue weighted by atomic mass is 9.87. The van der Waals surface area contributed by atoms with Crippen LogP contribution in [0.5, 0.6) is 0 Å². The van der Waals surface area contributed by atoms with Crippen LogP contribution in [0.1, 0.15) is 32.6 Å². The molecule has 1 aromatic rings. The Morgan fingerprint density at radius 1 is 1.22 bits per heavy atom. The molecule has 1 aliphatic rings. The van der Waals surface area contributed by atoms with Gasteiger partial charge < -0.3 is 16.4 Å². The predicted octanol–water partition coefficient (Wildman–Crippen LogP) is 3.17. The molecular weight excluding hydrogens is 226 g/mol. The van der Waals surface area contributed by atoms with Crippen molar-refractivity contribution >= 4 is 17.4 Å². The largest absolute Gasteiger partial charge is 0.382 e. The van der Waals surface area contributed by atoms with E-state index in [1.165, 1.54) is 25.7 Å². The third-order valence-electron chi connectivity index (χ3n) is 3.46. The topological polar surface area (TPSA) is 67.2 Å². The molecule has 98 valence electrons. The van der Waals surface area contributed by atoms with Crippen LogP contribution >= 0.6 is 0 Å². The molecule has 0 heterocycles. The summed E-state index contributed by atoms with van der Waals surface area (Å²) in [6.45, 7) is 2.31. The van der Waals surface area contributed by atoms with Crippen molar-refractivity contribution in [2.75, 3.05) is 10.6 Å².